The summed E-state index contributed by atoms with van der Waals surface area (Å²) in [5.74, 6) is -1.49. The fourth-order valence-corrected chi connectivity index (χ4v) is 13.3. The lowest BCUT2D eigenvalue weighted by Crippen LogP contribution is -2.58. The maximum Gasteiger partial charge on any atom is 0.407 e. The minimum absolute atomic E-state index is 0.00636. The number of carbonyl (C=O) groups is 4. The number of aliphatic hydroxyl groups excluding tert-OH is 1. The Morgan fingerprint density at radius 2 is 1.72 bits per heavy atom. The summed E-state index contributed by atoms with van der Waals surface area (Å²) in [6.45, 7) is 14.2. The van der Waals surface area contributed by atoms with Gasteiger partial charge in [-0.15, -0.1) is 11.3 Å². The number of aliphatic hydroxyl groups is 1. The lowest BCUT2D eigenvalue weighted by molar-refractivity contribution is -0.144. The van der Waals surface area contributed by atoms with E-state index >= 15 is 4.39 Å². The van der Waals surface area contributed by atoms with Crippen molar-refractivity contribution in [1.82, 2.24) is 45.3 Å². The van der Waals surface area contributed by atoms with Crippen molar-refractivity contribution >= 4 is 74.2 Å². The number of carboxylic acid groups (broad SMARTS) is 1. The third kappa shape index (κ3) is 12.2. The van der Waals surface area contributed by atoms with E-state index in [9.17, 15) is 34.5 Å². The van der Waals surface area contributed by atoms with Crippen LogP contribution in [0.25, 0.3) is 43.4 Å². The van der Waals surface area contributed by atoms with Crippen molar-refractivity contribution in [3.63, 3.8) is 0 Å². The molecule has 0 aliphatic carbocycles. The molecule has 430 valence electrons. The predicted molar refractivity (Wildman–Crippen MR) is 307 cm³/mol. The van der Waals surface area contributed by atoms with E-state index in [4.69, 9.17) is 26.1 Å². The number of piperazine rings is 1. The number of amides is 4. The maximum atomic E-state index is 17.2. The third-order valence-corrected chi connectivity index (χ3v) is 17.7. The second-order valence-corrected chi connectivity index (χ2v) is 24.3. The summed E-state index contributed by atoms with van der Waals surface area (Å²) in [5.41, 5.74) is 4.96. The first-order valence-electron chi connectivity index (χ1n) is 27.8. The fraction of sp³-hybridized carbons (Fsp3) is 0.492. The number of hydrogen-bond acceptors (Lipinski definition) is 15. The molecule has 4 fully saturated rings. The molecule has 6 aromatic rings. The van der Waals surface area contributed by atoms with Crippen molar-refractivity contribution in [2.24, 2.45) is 11.3 Å². The van der Waals surface area contributed by atoms with Gasteiger partial charge in [-0.05, 0) is 110 Å². The second-order valence-electron chi connectivity index (χ2n) is 23.0. The van der Waals surface area contributed by atoms with Crippen LogP contribution in [0.2, 0.25) is 5.02 Å². The molecule has 0 unspecified atom stereocenters. The first-order chi connectivity index (χ1) is 38.8. The van der Waals surface area contributed by atoms with E-state index in [0.717, 1.165) is 64.0 Å². The molecule has 10 rings (SSSR count). The normalized spacial score (nSPS) is 20.5. The van der Waals surface area contributed by atoms with Gasteiger partial charge in [-0.1, -0.05) is 69.6 Å². The van der Waals surface area contributed by atoms with Crippen LogP contribution < -0.4 is 20.3 Å². The molecule has 81 heavy (non-hydrogen) atoms. The summed E-state index contributed by atoms with van der Waals surface area (Å²) < 4.78 is 29.4. The molecule has 4 aliphatic rings. The number of benzene rings is 3. The topological polar surface area (TPSA) is 236 Å². The number of pyridine rings is 1. The van der Waals surface area contributed by atoms with Crippen LogP contribution in [0, 0.1) is 24.1 Å². The number of aromatic hydroxyl groups is 1. The molecule has 22 heteroatoms. The molecule has 4 aliphatic heterocycles. The number of likely N-dealkylation sites (tertiary alicyclic amines) is 2. The Balaban J connectivity index is 0.736. The molecular formula is C59H70ClFN10O9S. The number of nitrogens with zero attached hydrogens (tertiary/aromatic N) is 8. The number of anilines is 1. The maximum absolute atomic E-state index is 17.2. The molecule has 5 N–H and O–H groups in total. The number of aromatic nitrogens is 4. The number of carbonyl (C=O) groups excluding carboxylic acids is 3. The number of aryl methyl sites for hydroxylation is 2. The van der Waals surface area contributed by atoms with Gasteiger partial charge in [0.05, 0.1) is 52.3 Å². The Morgan fingerprint density at radius 3 is 2.40 bits per heavy atom. The van der Waals surface area contributed by atoms with Crippen molar-refractivity contribution in [3.8, 4) is 33.5 Å². The number of nitrogens with one attached hydrogen (secondary N) is 2. The minimum Gasteiger partial charge on any atom is -0.508 e. The van der Waals surface area contributed by atoms with Crippen LogP contribution in [-0.4, -0.2) is 163 Å². The number of rotatable bonds is 17. The van der Waals surface area contributed by atoms with Crippen molar-refractivity contribution in [2.75, 3.05) is 64.0 Å². The molecule has 0 spiro atoms. The highest BCUT2D eigenvalue weighted by Crippen LogP contribution is 2.41. The van der Waals surface area contributed by atoms with E-state index in [2.05, 4.69) is 30.5 Å². The standard InChI is InChI=1S/C59H70ClFN10O9S/c1-7-35-9-8-10-37-21-40(72)23-43(48(35)37)50-49(61)51-44(25-62-50)54(69-26-38-12-13-39(27-69)71(38)58(77)78)67-57(66-51)80-20-19-68-17-15-34(16-18-68)29-79-30-47(74)65-53(59(4,5)6)56(76)70-28-41(73)24-46(70)55(75)64-32(2)36-11-14-42(45(60)22-36)52-33(3)63-31-81-52/h8-11,14,21-23,25,31-32,34,38-39,41,46,53,72-73H,7,12-13,15-20,24,26-30H2,1-6H3,(H,64,75)(H,65,74)(H,77,78)/t32-,38-,39+,41+,46-,53+/m0/s1. The van der Waals surface area contributed by atoms with E-state index in [1.807, 2.05) is 82.8 Å². The van der Waals surface area contributed by atoms with Gasteiger partial charge < -0.3 is 45.2 Å². The van der Waals surface area contributed by atoms with Gasteiger partial charge in [-0.3, -0.25) is 29.2 Å². The van der Waals surface area contributed by atoms with Gasteiger partial charge in [0.25, 0.3) is 0 Å². The van der Waals surface area contributed by atoms with Gasteiger partial charge >= 0.3 is 12.1 Å². The molecule has 4 amide bonds. The second kappa shape index (κ2) is 24.0. The largest absolute Gasteiger partial charge is 0.508 e. The summed E-state index contributed by atoms with van der Waals surface area (Å²) in [7, 11) is 0. The van der Waals surface area contributed by atoms with Crippen LogP contribution in [0.15, 0.2) is 60.2 Å². The van der Waals surface area contributed by atoms with Crippen LogP contribution in [0.3, 0.4) is 0 Å². The zero-order valence-corrected chi connectivity index (χ0v) is 48.0. The van der Waals surface area contributed by atoms with Crippen LogP contribution in [0.1, 0.15) is 89.6 Å². The zero-order valence-electron chi connectivity index (χ0n) is 46.5. The molecule has 2 bridgehead atoms. The van der Waals surface area contributed by atoms with Gasteiger partial charge in [-0.2, -0.15) is 9.97 Å². The lowest BCUT2D eigenvalue weighted by Gasteiger charge is -2.40. The van der Waals surface area contributed by atoms with E-state index in [1.54, 1.807) is 17.8 Å². The van der Waals surface area contributed by atoms with Gasteiger partial charge in [0, 0.05) is 54.9 Å². The Hall–Kier alpha value is -6.78. The van der Waals surface area contributed by atoms with Crippen molar-refractivity contribution in [3.05, 3.63) is 87.9 Å². The monoisotopic (exact) mass is 1150 g/mol. The van der Waals surface area contributed by atoms with Crippen molar-refractivity contribution in [1.29, 1.82) is 0 Å². The number of piperidine rings is 1. The number of ether oxygens (including phenoxy) is 2. The van der Waals surface area contributed by atoms with Gasteiger partial charge in [0.2, 0.25) is 17.7 Å². The number of phenols is 1. The van der Waals surface area contributed by atoms with Crippen LogP contribution >= 0.6 is 22.9 Å². The molecule has 7 heterocycles. The summed E-state index contributed by atoms with van der Waals surface area (Å²) in [6.07, 6.45) is 3.40. The number of β-amino-alcohol motifs (C(OH)–C–C–N with tert-alkyl or cyclic N) is 1. The van der Waals surface area contributed by atoms with Crippen LogP contribution in [-0.2, 0) is 25.5 Å². The molecule has 6 atom stereocenters. The minimum atomic E-state index is -1.01. The smallest absolute Gasteiger partial charge is 0.407 e. The Labute approximate surface area is 478 Å². The third-order valence-electron chi connectivity index (χ3n) is 16.4. The van der Waals surface area contributed by atoms with Gasteiger partial charge in [0.15, 0.2) is 5.82 Å². The Kier molecular flexibility index (Phi) is 17.0. The average molecular weight is 1150 g/mol. The first-order valence-corrected chi connectivity index (χ1v) is 29.1. The quantitative estimate of drug-likeness (QED) is 0.0580. The number of thiazole rings is 1. The van der Waals surface area contributed by atoms with E-state index in [1.165, 1.54) is 27.2 Å². The first kappa shape index (κ1) is 57.5. The van der Waals surface area contributed by atoms with E-state index < -0.39 is 59.3 Å². The summed E-state index contributed by atoms with van der Waals surface area (Å²) in [4.78, 5) is 80.3. The predicted octanol–water partition coefficient (Wildman–Crippen LogP) is 8.15. The van der Waals surface area contributed by atoms with Crippen molar-refractivity contribution in [2.45, 2.75) is 116 Å². The van der Waals surface area contributed by atoms with E-state index in [0.29, 0.717) is 67.3 Å². The highest BCUT2D eigenvalue weighted by Gasteiger charge is 2.46. The highest BCUT2D eigenvalue weighted by molar-refractivity contribution is 7.13. The SMILES string of the molecule is CCc1cccc2cc(O)cc(-c3ncc4c(N5C[C@H]6CC[C@@H](C5)N6C(=O)O)nc(OCCN5CCC(COCC(=O)N[C@H](C(=O)N6C[C@H](O)C[C@H]6C(=O)N[C@@H](C)c6ccc(-c7scnc7C)c(Cl)c6)C(C)(C)C)CC5)nc4c3F)c12. The number of hydrogen-bond donors (Lipinski definition) is 5. The zero-order chi connectivity index (χ0) is 57.4. The van der Waals surface area contributed by atoms with Crippen molar-refractivity contribution < 1.29 is 48.4 Å². The van der Waals surface area contributed by atoms with Gasteiger partial charge in [-0.25, -0.2) is 14.2 Å². The molecule has 19 nitrogen and oxygen atoms in total. The molecule has 0 radical (unpaired) electrons. The number of phenolic OH excluding ortho intramolecular Hbond substituents is 1. The summed E-state index contributed by atoms with van der Waals surface area (Å²) in [6, 6.07) is 11.6. The molecule has 4 saturated heterocycles. The molecular weight excluding hydrogens is 1080 g/mol. The molecule has 3 aromatic heterocycles. The summed E-state index contributed by atoms with van der Waals surface area (Å²) >= 11 is 8.19. The average Bonchev–Trinajstić information content (AvgIpc) is 4.16. The Bertz CT molecular complexity index is 3340. The Morgan fingerprint density at radius 1 is 0.963 bits per heavy atom. The van der Waals surface area contributed by atoms with Gasteiger partial charge in [0.1, 0.15) is 48.1 Å². The molecule has 0 saturated carbocycles. The number of halogens is 2. The summed E-state index contributed by atoms with van der Waals surface area (Å²) in [5, 5.41) is 39.8. The van der Waals surface area contributed by atoms with Crippen LogP contribution in [0.5, 0.6) is 11.8 Å². The highest BCUT2D eigenvalue weighted by atomic mass is 35.5. The number of fused-ring (bicyclic) bond motifs is 4. The van der Waals surface area contributed by atoms with E-state index in [-0.39, 0.29) is 67.2 Å². The van der Waals surface area contributed by atoms with Crippen LogP contribution in [0.4, 0.5) is 15.0 Å². The lowest BCUT2D eigenvalue weighted by atomic mass is 9.85. The molecule has 3 aromatic carbocycles. The fourth-order valence-electron chi connectivity index (χ4n) is 12.1.